The molecule has 1 aliphatic heterocycles. The van der Waals surface area contributed by atoms with Crippen LogP contribution >= 0.6 is 0 Å². The summed E-state index contributed by atoms with van der Waals surface area (Å²) in [7, 11) is 1.43. The van der Waals surface area contributed by atoms with Gasteiger partial charge < -0.3 is 15.2 Å². The molecular weight excluding hydrogens is 359 g/mol. The highest BCUT2D eigenvalue weighted by molar-refractivity contribution is 5.69. The molecule has 1 saturated heterocycles. The summed E-state index contributed by atoms with van der Waals surface area (Å²) in [6.07, 6.45) is 6.99. The maximum atomic E-state index is 13.5. The second kappa shape index (κ2) is 8.37. The van der Waals surface area contributed by atoms with Gasteiger partial charge in [0.15, 0.2) is 0 Å². The van der Waals surface area contributed by atoms with Crippen LogP contribution in [-0.4, -0.2) is 48.9 Å². The molecule has 0 aromatic heterocycles. The Kier molecular flexibility index (Phi) is 5.88. The maximum Gasteiger partial charge on any atom is 0.410 e. The molecule has 28 heavy (non-hydrogen) atoms. The number of likely N-dealkylation sites (tertiary alicyclic amines) is 1. The van der Waals surface area contributed by atoms with Crippen LogP contribution in [0.25, 0.3) is 0 Å². The summed E-state index contributed by atoms with van der Waals surface area (Å²) < 4.78 is 24.7. The summed E-state index contributed by atoms with van der Waals surface area (Å²) in [4.78, 5) is 14.2. The van der Waals surface area contributed by atoms with Crippen LogP contribution in [-0.2, 0) is 9.47 Å². The molecule has 1 aromatic carbocycles. The van der Waals surface area contributed by atoms with Crippen molar-refractivity contribution < 1.29 is 18.7 Å². The summed E-state index contributed by atoms with van der Waals surface area (Å²) in [5.74, 6) is 0.589. The molecule has 2 saturated carbocycles. The van der Waals surface area contributed by atoms with Crippen LogP contribution in [0.5, 0.6) is 0 Å². The van der Waals surface area contributed by atoms with Gasteiger partial charge >= 0.3 is 6.09 Å². The Morgan fingerprint density at radius 2 is 2.00 bits per heavy atom. The molecule has 4 rings (SSSR count). The number of nitrogens with two attached hydrogens (primary N) is 1. The molecule has 154 valence electrons. The van der Waals surface area contributed by atoms with Gasteiger partial charge in [-0.15, -0.1) is 0 Å². The summed E-state index contributed by atoms with van der Waals surface area (Å²) in [5.41, 5.74) is 7.59. The lowest BCUT2D eigenvalue weighted by molar-refractivity contribution is -0.00902. The minimum absolute atomic E-state index is 0.0461. The topological polar surface area (TPSA) is 64.8 Å². The molecule has 3 aliphatic rings. The zero-order chi connectivity index (χ0) is 19.7. The molecule has 2 aliphatic carbocycles. The van der Waals surface area contributed by atoms with Crippen molar-refractivity contribution in [1.29, 1.82) is 0 Å². The monoisotopic (exact) mass is 390 g/mol. The highest BCUT2D eigenvalue weighted by atomic mass is 19.1. The van der Waals surface area contributed by atoms with Crippen molar-refractivity contribution in [1.82, 2.24) is 4.90 Å². The number of nitrogens with zero attached hydrogens (tertiary/aromatic N) is 1. The predicted octanol–water partition coefficient (Wildman–Crippen LogP) is 3.82. The number of rotatable bonds is 4. The van der Waals surface area contributed by atoms with Gasteiger partial charge in [0.25, 0.3) is 0 Å². The van der Waals surface area contributed by atoms with Crippen molar-refractivity contribution in [3.8, 4) is 0 Å². The number of carbonyl (C=O) groups is 1. The number of hydrogen-bond donors (Lipinski definition) is 1. The Balaban J connectivity index is 1.32. The average Bonchev–Trinajstić information content (AvgIpc) is 3.28. The first-order chi connectivity index (χ1) is 13.6. The molecule has 6 heteroatoms. The van der Waals surface area contributed by atoms with Gasteiger partial charge in [0, 0.05) is 12.1 Å². The Labute approximate surface area is 166 Å². The number of fused-ring (bicyclic) bond motifs is 1. The van der Waals surface area contributed by atoms with Gasteiger partial charge in [0.1, 0.15) is 5.82 Å². The lowest BCUT2D eigenvalue weighted by atomic mass is 9.82. The number of amides is 1. The zero-order valence-corrected chi connectivity index (χ0v) is 16.6. The summed E-state index contributed by atoms with van der Waals surface area (Å²) >= 11 is 0. The highest BCUT2D eigenvalue weighted by Gasteiger charge is 2.51. The van der Waals surface area contributed by atoms with E-state index in [-0.39, 0.29) is 36.1 Å². The van der Waals surface area contributed by atoms with Crippen molar-refractivity contribution in [3.05, 3.63) is 35.6 Å². The molecular formula is C22H31FN2O3. The van der Waals surface area contributed by atoms with Crippen molar-refractivity contribution in [2.75, 3.05) is 13.7 Å². The van der Waals surface area contributed by atoms with E-state index in [1.807, 2.05) is 11.0 Å². The third-order valence-electron chi connectivity index (χ3n) is 7.07. The van der Waals surface area contributed by atoms with Crippen molar-refractivity contribution >= 4 is 6.09 Å². The molecule has 1 heterocycles. The zero-order valence-electron chi connectivity index (χ0n) is 16.6. The number of carbonyl (C=O) groups excluding carboxylic acids is 1. The first kappa shape index (κ1) is 19.6. The largest absolute Gasteiger partial charge is 0.453 e. The molecule has 2 N–H and O–H groups in total. The van der Waals surface area contributed by atoms with E-state index < -0.39 is 0 Å². The smallest absolute Gasteiger partial charge is 0.410 e. The predicted molar refractivity (Wildman–Crippen MR) is 104 cm³/mol. The third kappa shape index (κ3) is 3.77. The van der Waals surface area contributed by atoms with E-state index in [1.54, 1.807) is 12.1 Å². The van der Waals surface area contributed by atoms with E-state index in [0.717, 1.165) is 50.5 Å². The molecule has 3 fully saturated rings. The number of halogens is 1. The van der Waals surface area contributed by atoms with Crippen molar-refractivity contribution in [2.45, 2.75) is 75.1 Å². The number of ether oxygens (including phenoxy) is 2. The molecule has 4 unspecified atom stereocenters. The SMILES string of the molecule is COC(=O)N1C(COC2CCC(c3cccc(F)c3)CC2)C(N)C2CCCC21. The number of benzene rings is 1. The lowest BCUT2D eigenvalue weighted by Crippen LogP contribution is -2.48. The van der Waals surface area contributed by atoms with Gasteiger partial charge in [-0.25, -0.2) is 9.18 Å². The molecule has 0 spiro atoms. The van der Waals surface area contributed by atoms with E-state index in [0.29, 0.717) is 18.4 Å². The highest BCUT2D eigenvalue weighted by Crippen LogP contribution is 2.41. The van der Waals surface area contributed by atoms with Gasteiger partial charge in [-0.2, -0.15) is 0 Å². The molecule has 1 amide bonds. The second-order valence-electron chi connectivity index (χ2n) is 8.55. The van der Waals surface area contributed by atoms with Crippen LogP contribution in [0.3, 0.4) is 0 Å². The number of hydrogen-bond acceptors (Lipinski definition) is 4. The van der Waals surface area contributed by atoms with Crippen LogP contribution in [0.2, 0.25) is 0 Å². The Morgan fingerprint density at radius 1 is 1.21 bits per heavy atom. The van der Waals surface area contributed by atoms with Crippen molar-refractivity contribution in [2.24, 2.45) is 11.7 Å². The Bertz CT molecular complexity index is 692. The molecule has 1 aromatic rings. The molecule has 5 nitrogen and oxygen atoms in total. The standard InChI is InChI=1S/C22H31FN2O3/c1-27-22(26)25-19-7-3-6-18(19)21(24)20(25)13-28-17-10-8-14(9-11-17)15-4-2-5-16(23)12-15/h2,4-5,12,14,17-21H,3,6-11,13,24H2,1H3. The Morgan fingerprint density at radius 3 is 2.71 bits per heavy atom. The first-order valence-corrected chi connectivity index (χ1v) is 10.6. The van der Waals surface area contributed by atoms with Crippen LogP contribution < -0.4 is 5.73 Å². The average molecular weight is 390 g/mol. The summed E-state index contributed by atoms with van der Waals surface area (Å²) in [6, 6.07) is 6.98. The van der Waals surface area contributed by atoms with E-state index in [9.17, 15) is 9.18 Å². The normalized spacial score (nSPS) is 35.0. The van der Waals surface area contributed by atoms with Gasteiger partial charge in [0.2, 0.25) is 0 Å². The van der Waals surface area contributed by atoms with Gasteiger partial charge in [-0.1, -0.05) is 18.6 Å². The lowest BCUT2D eigenvalue weighted by Gasteiger charge is -2.33. The summed E-state index contributed by atoms with van der Waals surface area (Å²) in [6.45, 7) is 0.471. The first-order valence-electron chi connectivity index (χ1n) is 10.6. The van der Waals surface area contributed by atoms with Gasteiger partial charge in [-0.05, 0) is 68.1 Å². The number of methoxy groups -OCH3 is 1. The van der Waals surface area contributed by atoms with E-state index in [1.165, 1.54) is 13.2 Å². The molecule has 0 radical (unpaired) electrons. The van der Waals surface area contributed by atoms with Crippen molar-refractivity contribution in [3.63, 3.8) is 0 Å². The second-order valence-corrected chi connectivity index (χ2v) is 8.55. The minimum atomic E-state index is -0.284. The van der Waals surface area contributed by atoms with E-state index >= 15 is 0 Å². The molecule has 4 atom stereocenters. The van der Waals surface area contributed by atoms with E-state index in [2.05, 4.69) is 0 Å². The Hall–Kier alpha value is -1.66. The fourth-order valence-corrected chi connectivity index (χ4v) is 5.61. The maximum absolute atomic E-state index is 13.5. The van der Waals surface area contributed by atoms with Crippen LogP contribution in [0, 0.1) is 11.7 Å². The van der Waals surface area contributed by atoms with Gasteiger partial charge in [-0.3, -0.25) is 4.90 Å². The fraction of sp³-hybridized carbons (Fsp3) is 0.682. The van der Waals surface area contributed by atoms with E-state index in [4.69, 9.17) is 15.2 Å². The quantitative estimate of drug-likeness (QED) is 0.849. The van der Waals surface area contributed by atoms with Crippen LogP contribution in [0.1, 0.15) is 56.4 Å². The minimum Gasteiger partial charge on any atom is -0.453 e. The van der Waals surface area contributed by atoms with Gasteiger partial charge in [0.05, 0.1) is 25.9 Å². The third-order valence-corrected chi connectivity index (χ3v) is 7.07. The van der Waals surface area contributed by atoms with Crippen LogP contribution in [0.15, 0.2) is 24.3 Å². The molecule has 0 bridgehead atoms. The fourth-order valence-electron chi connectivity index (χ4n) is 5.61. The van der Waals surface area contributed by atoms with Crippen LogP contribution in [0.4, 0.5) is 9.18 Å². The summed E-state index contributed by atoms with van der Waals surface area (Å²) in [5, 5.41) is 0.